The second-order valence-corrected chi connectivity index (χ2v) is 6.11. The summed E-state index contributed by atoms with van der Waals surface area (Å²) in [5.41, 5.74) is 4.15. The molecule has 1 aromatic heterocycles. The number of aryl methyl sites for hydroxylation is 1. The molecule has 4 nitrogen and oxygen atoms in total. The molecule has 0 radical (unpaired) electrons. The fourth-order valence-corrected chi connectivity index (χ4v) is 3.47. The van der Waals surface area contributed by atoms with Crippen molar-refractivity contribution in [3.8, 4) is 0 Å². The zero-order valence-electron chi connectivity index (χ0n) is 13.4. The molecule has 0 saturated carbocycles. The molecule has 3 aromatic rings. The van der Waals surface area contributed by atoms with E-state index in [1.165, 1.54) is 34.3 Å². The molecular formula is C19H18FN3O. The molecule has 1 aliphatic rings. The lowest BCUT2D eigenvalue weighted by Crippen LogP contribution is -2.39. The first-order valence-corrected chi connectivity index (χ1v) is 8.00. The number of hydrogen-bond acceptors (Lipinski definition) is 1. The highest BCUT2D eigenvalue weighted by Gasteiger charge is 2.25. The van der Waals surface area contributed by atoms with E-state index in [1.54, 1.807) is 17.0 Å². The van der Waals surface area contributed by atoms with E-state index in [-0.39, 0.29) is 11.8 Å². The second kappa shape index (κ2) is 5.67. The molecule has 0 aliphatic carbocycles. The van der Waals surface area contributed by atoms with Crippen molar-refractivity contribution in [2.45, 2.75) is 13.0 Å². The molecule has 5 heteroatoms. The van der Waals surface area contributed by atoms with E-state index in [4.69, 9.17) is 0 Å². The number of benzene rings is 2. The molecule has 24 heavy (non-hydrogen) atoms. The molecule has 4 rings (SSSR count). The number of para-hydroxylation sites is 1. The molecule has 2 amide bonds. The van der Waals surface area contributed by atoms with Crippen molar-refractivity contribution in [3.05, 3.63) is 65.6 Å². The van der Waals surface area contributed by atoms with Crippen molar-refractivity contribution in [3.63, 3.8) is 0 Å². The number of amides is 2. The summed E-state index contributed by atoms with van der Waals surface area (Å²) >= 11 is 0. The minimum atomic E-state index is -0.359. The Morgan fingerprint density at radius 3 is 2.83 bits per heavy atom. The predicted octanol–water partition coefficient (Wildman–Crippen LogP) is 3.91. The molecule has 0 fully saturated rings. The van der Waals surface area contributed by atoms with Crippen LogP contribution >= 0.6 is 0 Å². The standard InChI is InChI=1S/C19H18FN3O/c1-22-17-8-3-2-7-15(17)16-12-23(10-9-18(16)22)19(24)21-14-6-4-5-13(20)11-14/h2-8,11H,9-10,12H2,1H3,(H,21,24). The van der Waals surface area contributed by atoms with E-state index in [0.29, 0.717) is 18.8 Å². The van der Waals surface area contributed by atoms with E-state index in [9.17, 15) is 9.18 Å². The van der Waals surface area contributed by atoms with E-state index in [1.807, 2.05) is 12.1 Å². The molecule has 0 spiro atoms. The van der Waals surface area contributed by atoms with Crippen LogP contribution < -0.4 is 5.32 Å². The van der Waals surface area contributed by atoms with Gasteiger partial charge in [-0.15, -0.1) is 0 Å². The predicted molar refractivity (Wildman–Crippen MR) is 92.5 cm³/mol. The number of aromatic nitrogens is 1. The fraction of sp³-hybridized carbons (Fsp3) is 0.211. The third-order valence-corrected chi connectivity index (χ3v) is 4.67. The van der Waals surface area contributed by atoms with Gasteiger partial charge in [-0.1, -0.05) is 24.3 Å². The van der Waals surface area contributed by atoms with E-state index < -0.39 is 0 Å². The molecule has 2 aromatic carbocycles. The van der Waals surface area contributed by atoms with E-state index >= 15 is 0 Å². The Balaban J connectivity index is 1.60. The number of carbonyl (C=O) groups is 1. The molecule has 0 saturated heterocycles. The third kappa shape index (κ3) is 2.42. The Morgan fingerprint density at radius 2 is 2.00 bits per heavy atom. The first kappa shape index (κ1) is 14.8. The summed E-state index contributed by atoms with van der Waals surface area (Å²) in [6.45, 7) is 1.22. The van der Waals surface area contributed by atoms with Crippen LogP contribution in [0.25, 0.3) is 10.9 Å². The third-order valence-electron chi connectivity index (χ3n) is 4.67. The fourth-order valence-electron chi connectivity index (χ4n) is 3.47. The number of carbonyl (C=O) groups excluding carboxylic acids is 1. The first-order chi connectivity index (χ1) is 11.6. The SMILES string of the molecule is Cn1c2c(c3ccccc31)CN(C(=O)Nc1cccc(F)c1)CC2. The first-order valence-electron chi connectivity index (χ1n) is 8.00. The maximum Gasteiger partial charge on any atom is 0.322 e. The maximum absolute atomic E-state index is 13.3. The van der Waals surface area contributed by atoms with Gasteiger partial charge in [0.1, 0.15) is 5.82 Å². The largest absolute Gasteiger partial charge is 0.347 e. The average Bonchev–Trinajstić information content (AvgIpc) is 2.88. The quantitative estimate of drug-likeness (QED) is 0.724. The lowest BCUT2D eigenvalue weighted by Gasteiger charge is -2.28. The molecule has 0 unspecified atom stereocenters. The van der Waals surface area contributed by atoms with Crippen molar-refractivity contribution < 1.29 is 9.18 Å². The molecule has 122 valence electrons. The van der Waals surface area contributed by atoms with Crippen molar-refractivity contribution in [1.29, 1.82) is 0 Å². The Morgan fingerprint density at radius 1 is 1.17 bits per heavy atom. The van der Waals surface area contributed by atoms with Crippen LogP contribution in [0.1, 0.15) is 11.3 Å². The van der Waals surface area contributed by atoms with Crippen LogP contribution in [0.2, 0.25) is 0 Å². The maximum atomic E-state index is 13.3. The summed E-state index contributed by atoms with van der Waals surface area (Å²) in [6.07, 6.45) is 0.817. The normalized spacial score (nSPS) is 13.8. The Bertz CT molecular complexity index is 932. The smallest absolute Gasteiger partial charge is 0.322 e. The van der Waals surface area contributed by atoms with Crippen LogP contribution in [-0.2, 0) is 20.0 Å². The van der Waals surface area contributed by atoms with Gasteiger partial charge in [0.2, 0.25) is 0 Å². The minimum Gasteiger partial charge on any atom is -0.347 e. The number of rotatable bonds is 1. The summed E-state index contributed by atoms with van der Waals surface area (Å²) in [5.74, 6) is -0.359. The average molecular weight is 323 g/mol. The number of nitrogens with one attached hydrogen (secondary N) is 1. The van der Waals surface area contributed by atoms with Gasteiger partial charge in [-0.2, -0.15) is 0 Å². The number of nitrogens with zero attached hydrogens (tertiary/aromatic N) is 2. The van der Waals surface area contributed by atoms with Crippen LogP contribution in [0.3, 0.4) is 0 Å². The molecule has 1 N–H and O–H groups in total. The van der Waals surface area contributed by atoms with Crippen molar-refractivity contribution in [1.82, 2.24) is 9.47 Å². The van der Waals surface area contributed by atoms with Gasteiger partial charge in [0, 0.05) is 54.4 Å². The highest BCUT2D eigenvalue weighted by Crippen LogP contribution is 2.30. The van der Waals surface area contributed by atoms with Gasteiger partial charge in [-0.25, -0.2) is 9.18 Å². The zero-order valence-corrected chi connectivity index (χ0v) is 13.4. The topological polar surface area (TPSA) is 37.3 Å². The second-order valence-electron chi connectivity index (χ2n) is 6.11. The molecule has 2 heterocycles. The van der Waals surface area contributed by atoms with E-state index in [2.05, 4.69) is 29.1 Å². The van der Waals surface area contributed by atoms with Gasteiger partial charge < -0.3 is 14.8 Å². The molecule has 0 bridgehead atoms. The number of urea groups is 1. The van der Waals surface area contributed by atoms with Crippen molar-refractivity contribution in [2.24, 2.45) is 7.05 Å². The highest BCUT2D eigenvalue weighted by atomic mass is 19.1. The Hall–Kier alpha value is -2.82. The van der Waals surface area contributed by atoms with Crippen LogP contribution in [0.5, 0.6) is 0 Å². The lowest BCUT2D eigenvalue weighted by molar-refractivity contribution is 0.206. The zero-order chi connectivity index (χ0) is 16.7. The van der Waals surface area contributed by atoms with Gasteiger partial charge >= 0.3 is 6.03 Å². The minimum absolute atomic E-state index is 0.195. The number of fused-ring (bicyclic) bond motifs is 3. The highest BCUT2D eigenvalue weighted by molar-refractivity contribution is 5.91. The van der Waals surface area contributed by atoms with Gasteiger partial charge in [0.15, 0.2) is 0 Å². The Kier molecular flexibility index (Phi) is 3.49. The number of halogens is 1. The van der Waals surface area contributed by atoms with Crippen LogP contribution in [0.15, 0.2) is 48.5 Å². The van der Waals surface area contributed by atoms with Gasteiger partial charge in [0.05, 0.1) is 0 Å². The summed E-state index contributed by atoms with van der Waals surface area (Å²) < 4.78 is 15.5. The lowest BCUT2D eigenvalue weighted by atomic mass is 10.0. The molecule has 1 aliphatic heterocycles. The summed E-state index contributed by atoms with van der Waals surface area (Å²) in [6, 6.07) is 14.0. The monoisotopic (exact) mass is 323 g/mol. The number of anilines is 1. The molecular weight excluding hydrogens is 305 g/mol. The van der Waals surface area contributed by atoms with Crippen molar-refractivity contribution >= 4 is 22.6 Å². The van der Waals surface area contributed by atoms with Gasteiger partial charge in [-0.05, 0) is 24.3 Å². The van der Waals surface area contributed by atoms with Crippen LogP contribution in [0, 0.1) is 5.82 Å². The van der Waals surface area contributed by atoms with Gasteiger partial charge in [0.25, 0.3) is 0 Å². The van der Waals surface area contributed by atoms with E-state index in [0.717, 1.165) is 6.42 Å². The van der Waals surface area contributed by atoms with Crippen LogP contribution in [0.4, 0.5) is 14.9 Å². The van der Waals surface area contributed by atoms with Crippen molar-refractivity contribution in [2.75, 3.05) is 11.9 Å². The summed E-state index contributed by atoms with van der Waals surface area (Å²) in [5, 5.41) is 3.97. The van der Waals surface area contributed by atoms with Gasteiger partial charge in [-0.3, -0.25) is 0 Å². The summed E-state index contributed by atoms with van der Waals surface area (Å²) in [4.78, 5) is 14.3. The number of hydrogen-bond donors (Lipinski definition) is 1. The summed E-state index contributed by atoms with van der Waals surface area (Å²) in [7, 11) is 2.07. The molecule has 0 atom stereocenters. The Labute approximate surface area is 139 Å². The van der Waals surface area contributed by atoms with Crippen LogP contribution in [-0.4, -0.2) is 22.0 Å².